The minimum atomic E-state index is -0.125. The molecule has 0 aliphatic carbocycles. The first-order chi connectivity index (χ1) is 10.6. The molecule has 2 aromatic carbocycles. The van der Waals surface area contributed by atoms with E-state index in [9.17, 15) is 4.79 Å². The molecule has 121 valence electrons. The van der Waals surface area contributed by atoms with Gasteiger partial charge in [-0.25, -0.2) is 4.37 Å². The molecule has 0 spiro atoms. The number of hydrogen-bond donors (Lipinski definition) is 1. The van der Waals surface area contributed by atoms with Crippen molar-refractivity contribution in [3.63, 3.8) is 0 Å². The van der Waals surface area contributed by atoms with Gasteiger partial charge >= 0.3 is 0 Å². The van der Waals surface area contributed by atoms with Crippen molar-refractivity contribution in [3.8, 4) is 11.3 Å². The van der Waals surface area contributed by atoms with Gasteiger partial charge in [-0.1, -0.05) is 18.2 Å². The second-order valence-electron chi connectivity index (χ2n) is 4.70. The van der Waals surface area contributed by atoms with Crippen LogP contribution in [-0.2, 0) is 24.9 Å². The number of aliphatic hydroxyl groups is 1. The number of nitrogens with zero attached hydrogens (tertiary/aromatic N) is 1. The first kappa shape index (κ1) is 19.2. The van der Waals surface area contributed by atoms with Crippen LogP contribution in [0.5, 0.6) is 0 Å². The number of allylic oxidation sites excluding steroid dienone is 2. The molecule has 3 aromatic rings. The van der Waals surface area contributed by atoms with Gasteiger partial charge in [-0.05, 0) is 36.8 Å². The van der Waals surface area contributed by atoms with Crippen LogP contribution in [-0.4, -0.2) is 15.3 Å². The third-order valence-electron chi connectivity index (χ3n) is 2.75. The van der Waals surface area contributed by atoms with Crippen LogP contribution in [0.2, 0.25) is 0 Å². The van der Waals surface area contributed by atoms with E-state index >= 15 is 0 Å². The Kier molecular flexibility index (Phi) is 7.82. The molecule has 1 radical (unpaired) electrons. The number of benzene rings is 2. The third-order valence-corrected chi connectivity index (χ3v) is 3.58. The summed E-state index contributed by atoms with van der Waals surface area (Å²) in [6, 6.07) is 19.4. The summed E-state index contributed by atoms with van der Waals surface area (Å²) in [5.41, 5.74) is 2.10. The fourth-order valence-electron chi connectivity index (χ4n) is 1.91. The van der Waals surface area contributed by atoms with Gasteiger partial charge in [0.2, 0.25) is 0 Å². The summed E-state index contributed by atoms with van der Waals surface area (Å²) < 4.78 is 5.70. The molecule has 0 aliphatic heterocycles. The number of rotatable bonds is 2. The molecule has 1 aromatic heterocycles. The fourth-order valence-corrected chi connectivity index (χ4v) is 2.70. The van der Waals surface area contributed by atoms with Crippen molar-refractivity contribution in [2.24, 2.45) is 0 Å². The van der Waals surface area contributed by atoms with E-state index < -0.39 is 0 Å². The molecule has 23 heavy (non-hydrogen) atoms. The SMILES string of the molecule is CC(=O)/C=C(/C)O.[Ir].[c-]1ccccc1-c1nsc2ccccc12. The number of carbonyl (C=O) groups is 1. The predicted octanol–water partition coefficient (Wildman–Crippen LogP) is 4.80. The molecule has 0 saturated carbocycles. The molecule has 0 saturated heterocycles. The first-order valence-electron chi connectivity index (χ1n) is 6.77. The third kappa shape index (κ3) is 5.71. The standard InChI is InChI=1S/C13H8NS.C5H8O2.Ir/c1-2-6-10(7-3-1)13-11-8-4-5-9-12(11)15-14-13;1-4(6)3-5(2)7;/h1-6,8-9H;3,6H,1-2H3;/q-1;;/b;4-3-;. The number of carbonyl (C=O) groups excluding carboxylic acids is 1. The molecule has 0 bridgehead atoms. The zero-order valence-electron chi connectivity index (χ0n) is 12.7. The van der Waals surface area contributed by atoms with Crippen LogP contribution in [0.15, 0.2) is 60.4 Å². The molecule has 0 amide bonds. The second kappa shape index (κ2) is 9.36. The average Bonchev–Trinajstić information content (AvgIpc) is 2.91. The summed E-state index contributed by atoms with van der Waals surface area (Å²) in [4.78, 5) is 10.0. The van der Waals surface area contributed by atoms with Crippen LogP contribution in [0.4, 0.5) is 0 Å². The monoisotopic (exact) mass is 503 g/mol. The Morgan fingerprint density at radius 3 is 2.43 bits per heavy atom. The zero-order chi connectivity index (χ0) is 15.9. The van der Waals surface area contributed by atoms with E-state index in [4.69, 9.17) is 5.11 Å². The Morgan fingerprint density at radius 1 is 1.17 bits per heavy atom. The van der Waals surface area contributed by atoms with Crippen molar-refractivity contribution in [1.82, 2.24) is 4.37 Å². The summed E-state index contributed by atoms with van der Waals surface area (Å²) in [7, 11) is 0. The van der Waals surface area contributed by atoms with Crippen LogP contribution in [0, 0.1) is 6.07 Å². The van der Waals surface area contributed by atoms with Crippen LogP contribution in [0.1, 0.15) is 13.8 Å². The quantitative estimate of drug-likeness (QED) is 0.311. The first-order valence-corrected chi connectivity index (χ1v) is 7.54. The van der Waals surface area contributed by atoms with Gasteiger partial charge in [-0.2, -0.15) is 0 Å². The Morgan fingerprint density at radius 2 is 1.87 bits per heavy atom. The molecular formula is C18H16IrNO2S-. The average molecular weight is 503 g/mol. The van der Waals surface area contributed by atoms with Gasteiger partial charge in [-0.3, -0.25) is 4.79 Å². The molecule has 1 heterocycles. The maximum atomic E-state index is 10.0. The minimum Gasteiger partial charge on any atom is -0.512 e. The largest absolute Gasteiger partial charge is 0.512 e. The fraction of sp³-hybridized carbons (Fsp3) is 0.111. The summed E-state index contributed by atoms with van der Waals surface area (Å²) in [5, 5.41) is 9.58. The minimum absolute atomic E-state index is 0. The van der Waals surface area contributed by atoms with Gasteiger partial charge in [0.15, 0.2) is 5.78 Å². The van der Waals surface area contributed by atoms with Crippen LogP contribution in [0.25, 0.3) is 21.3 Å². The zero-order valence-corrected chi connectivity index (χ0v) is 16.0. The van der Waals surface area contributed by atoms with Crippen molar-refractivity contribution < 1.29 is 30.0 Å². The molecule has 5 heteroatoms. The van der Waals surface area contributed by atoms with E-state index in [1.807, 2.05) is 36.4 Å². The maximum Gasteiger partial charge on any atom is 0.155 e. The van der Waals surface area contributed by atoms with Crippen LogP contribution >= 0.6 is 11.5 Å². The number of ketones is 1. The number of aliphatic hydroxyl groups excluding tert-OH is 1. The Labute approximate surface area is 153 Å². The van der Waals surface area contributed by atoms with Gasteiger partial charge in [0.1, 0.15) is 0 Å². The van der Waals surface area contributed by atoms with Crippen molar-refractivity contribution >= 4 is 27.4 Å². The van der Waals surface area contributed by atoms with Gasteiger partial charge in [0.25, 0.3) is 0 Å². The number of hydrogen-bond acceptors (Lipinski definition) is 4. The molecular weight excluding hydrogens is 486 g/mol. The number of aromatic nitrogens is 1. The van der Waals surface area contributed by atoms with Crippen molar-refractivity contribution in [2.45, 2.75) is 13.8 Å². The summed E-state index contributed by atoms with van der Waals surface area (Å²) in [6.07, 6.45) is 1.17. The van der Waals surface area contributed by atoms with E-state index in [1.54, 1.807) is 0 Å². The van der Waals surface area contributed by atoms with Crippen molar-refractivity contribution in [3.05, 3.63) is 66.4 Å². The van der Waals surface area contributed by atoms with E-state index in [-0.39, 0.29) is 31.6 Å². The molecule has 3 rings (SSSR count). The molecule has 0 unspecified atom stereocenters. The topological polar surface area (TPSA) is 50.2 Å². The molecule has 0 atom stereocenters. The molecule has 3 nitrogen and oxygen atoms in total. The summed E-state index contributed by atoms with van der Waals surface area (Å²) in [6.45, 7) is 2.85. The summed E-state index contributed by atoms with van der Waals surface area (Å²) >= 11 is 1.54. The Hall–Kier alpha value is -1.81. The van der Waals surface area contributed by atoms with Crippen LogP contribution in [0.3, 0.4) is 0 Å². The Balaban J connectivity index is 0.000000287. The van der Waals surface area contributed by atoms with E-state index in [0.29, 0.717) is 0 Å². The predicted molar refractivity (Wildman–Crippen MR) is 91.0 cm³/mol. The van der Waals surface area contributed by atoms with Gasteiger partial charge in [-0.15, -0.1) is 35.9 Å². The number of fused-ring (bicyclic) bond motifs is 1. The maximum absolute atomic E-state index is 10.0. The van der Waals surface area contributed by atoms with Crippen molar-refractivity contribution in [2.75, 3.05) is 0 Å². The second-order valence-corrected chi connectivity index (χ2v) is 5.50. The van der Waals surface area contributed by atoms with Gasteiger partial charge < -0.3 is 5.11 Å². The molecule has 0 aliphatic rings. The van der Waals surface area contributed by atoms with Crippen LogP contribution < -0.4 is 0 Å². The molecule has 0 fully saturated rings. The van der Waals surface area contributed by atoms with E-state index in [1.165, 1.54) is 41.5 Å². The normalized spacial score (nSPS) is 10.4. The molecule has 1 N–H and O–H groups in total. The Bertz CT molecular complexity index is 793. The van der Waals surface area contributed by atoms with Gasteiger partial charge in [0.05, 0.1) is 5.76 Å². The smallest absolute Gasteiger partial charge is 0.155 e. The van der Waals surface area contributed by atoms with E-state index in [2.05, 4.69) is 22.6 Å². The van der Waals surface area contributed by atoms with Crippen molar-refractivity contribution in [1.29, 1.82) is 0 Å². The van der Waals surface area contributed by atoms with E-state index in [0.717, 1.165) is 11.3 Å². The van der Waals surface area contributed by atoms with Gasteiger partial charge in [0, 0.05) is 36.6 Å². The summed E-state index contributed by atoms with van der Waals surface area (Å²) in [5.74, 6) is -0.0625.